The lowest BCUT2D eigenvalue weighted by Gasteiger charge is -2.20. The van der Waals surface area contributed by atoms with E-state index in [0.717, 1.165) is 15.9 Å². The van der Waals surface area contributed by atoms with Crippen LogP contribution >= 0.6 is 11.3 Å². The van der Waals surface area contributed by atoms with Crippen LogP contribution in [-0.4, -0.2) is 40.5 Å². The second kappa shape index (κ2) is 8.48. The van der Waals surface area contributed by atoms with Gasteiger partial charge in [0.05, 0.1) is 18.7 Å². The van der Waals surface area contributed by atoms with Crippen molar-refractivity contribution in [2.24, 2.45) is 4.99 Å². The lowest BCUT2D eigenvalue weighted by atomic mass is 10.2. The van der Waals surface area contributed by atoms with Gasteiger partial charge in [0.2, 0.25) is 4.80 Å². The van der Waals surface area contributed by atoms with Crippen molar-refractivity contribution in [3.8, 4) is 0 Å². The zero-order valence-corrected chi connectivity index (χ0v) is 17.1. The number of rotatable bonds is 3. The number of hydrogen-bond acceptors (Lipinski definition) is 7. The van der Waals surface area contributed by atoms with E-state index in [1.807, 2.05) is 0 Å². The van der Waals surface area contributed by atoms with Gasteiger partial charge in [-0.25, -0.2) is 14.2 Å². The van der Waals surface area contributed by atoms with E-state index in [2.05, 4.69) is 4.99 Å². The molecule has 9 heteroatoms. The minimum atomic E-state index is -0.834. The first kappa shape index (κ1) is 21.9. The van der Waals surface area contributed by atoms with Crippen LogP contribution in [0.15, 0.2) is 10.4 Å². The third kappa shape index (κ3) is 7.38. The molecule has 0 radical (unpaired) electrons. The SMILES string of the molecule is CCOC(=O)Cc1cs/c(=N\C(=O)OC(C)(C)C)n1C(=O)OC(C)(C)C. The van der Waals surface area contributed by atoms with Gasteiger partial charge in [-0.1, -0.05) is 0 Å². The molecule has 1 heterocycles. The summed E-state index contributed by atoms with van der Waals surface area (Å²) in [7, 11) is 0. The van der Waals surface area contributed by atoms with Crippen LogP contribution in [0, 0.1) is 0 Å². The van der Waals surface area contributed by atoms with E-state index in [-0.39, 0.29) is 17.8 Å². The molecule has 146 valence electrons. The van der Waals surface area contributed by atoms with Crippen molar-refractivity contribution in [1.82, 2.24) is 4.57 Å². The Kier molecular flexibility index (Phi) is 7.14. The van der Waals surface area contributed by atoms with Crippen LogP contribution in [0.1, 0.15) is 54.2 Å². The minimum Gasteiger partial charge on any atom is -0.466 e. The van der Waals surface area contributed by atoms with Gasteiger partial charge in [0.15, 0.2) is 0 Å². The predicted molar refractivity (Wildman–Crippen MR) is 96.1 cm³/mol. The molecule has 0 spiro atoms. The number of thiazole rings is 1. The van der Waals surface area contributed by atoms with Gasteiger partial charge in [-0.05, 0) is 48.5 Å². The first-order chi connectivity index (χ1) is 11.8. The quantitative estimate of drug-likeness (QED) is 0.584. The number of carbonyl (C=O) groups is 3. The van der Waals surface area contributed by atoms with Crippen LogP contribution in [0.25, 0.3) is 0 Å². The van der Waals surface area contributed by atoms with Crippen molar-refractivity contribution in [3.05, 3.63) is 15.9 Å². The fourth-order valence-corrected chi connectivity index (χ4v) is 2.63. The Labute approximate surface area is 156 Å². The molecule has 0 N–H and O–H groups in total. The topological polar surface area (TPSA) is 96.2 Å². The summed E-state index contributed by atoms with van der Waals surface area (Å²) >= 11 is 1.03. The first-order valence-electron chi connectivity index (χ1n) is 8.18. The molecule has 8 nitrogen and oxygen atoms in total. The molecule has 0 saturated carbocycles. The molecule has 1 aromatic heterocycles. The monoisotopic (exact) mass is 386 g/mol. The molecule has 0 aliphatic heterocycles. The number of esters is 1. The molecule has 0 aliphatic rings. The van der Waals surface area contributed by atoms with Gasteiger partial charge in [0.1, 0.15) is 11.2 Å². The average Bonchev–Trinajstić information content (AvgIpc) is 2.77. The molecule has 0 fully saturated rings. The minimum absolute atomic E-state index is 0.0628. The van der Waals surface area contributed by atoms with Crippen LogP contribution < -0.4 is 4.80 Å². The fraction of sp³-hybridized carbons (Fsp3) is 0.647. The van der Waals surface area contributed by atoms with Gasteiger partial charge in [-0.2, -0.15) is 0 Å². The number of carbonyl (C=O) groups excluding carboxylic acids is 3. The van der Waals surface area contributed by atoms with Gasteiger partial charge in [0.25, 0.3) is 0 Å². The van der Waals surface area contributed by atoms with Crippen LogP contribution in [0.4, 0.5) is 9.59 Å². The van der Waals surface area contributed by atoms with Crippen molar-refractivity contribution in [2.75, 3.05) is 6.61 Å². The van der Waals surface area contributed by atoms with E-state index in [1.54, 1.807) is 53.8 Å². The summed E-state index contributed by atoms with van der Waals surface area (Å²) in [6.45, 7) is 12.2. The predicted octanol–water partition coefficient (Wildman–Crippen LogP) is 3.27. The Bertz CT molecular complexity index is 734. The van der Waals surface area contributed by atoms with E-state index in [0.29, 0.717) is 5.69 Å². The van der Waals surface area contributed by atoms with E-state index in [4.69, 9.17) is 14.2 Å². The number of ether oxygens (including phenoxy) is 3. The highest BCUT2D eigenvalue weighted by Gasteiger charge is 2.24. The standard InChI is InChI=1S/C17H26N2O6S/c1-8-23-12(20)9-11-10-26-13(18-14(21)24-16(2,3)4)19(11)15(22)25-17(5,6)7/h10H,8-9H2,1-7H3/b18-13-. The number of nitrogens with zero attached hydrogens (tertiary/aromatic N) is 2. The van der Waals surface area contributed by atoms with Gasteiger partial charge in [-0.3, -0.25) is 4.79 Å². The largest absolute Gasteiger partial charge is 0.466 e. The van der Waals surface area contributed by atoms with Crippen molar-refractivity contribution in [1.29, 1.82) is 0 Å². The zero-order valence-electron chi connectivity index (χ0n) is 16.2. The van der Waals surface area contributed by atoms with Crippen molar-refractivity contribution >= 4 is 29.5 Å². The number of aromatic nitrogens is 1. The summed E-state index contributed by atoms with van der Waals surface area (Å²) in [5, 5.41) is 1.56. The van der Waals surface area contributed by atoms with Crippen molar-refractivity contribution in [3.63, 3.8) is 0 Å². The lowest BCUT2D eigenvalue weighted by Crippen LogP contribution is -2.34. The summed E-state index contributed by atoms with van der Waals surface area (Å²) in [6, 6.07) is 0. The lowest BCUT2D eigenvalue weighted by molar-refractivity contribution is -0.142. The maximum absolute atomic E-state index is 12.6. The zero-order chi connectivity index (χ0) is 20.1. The molecular weight excluding hydrogens is 360 g/mol. The van der Waals surface area contributed by atoms with E-state index < -0.39 is 29.4 Å². The van der Waals surface area contributed by atoms with E-state index >= 15 is 0 Å². The second-order valence-corrected chi connectivity index (χ2v) is 8.24. The molecule has 1 aromatic rings. The molecule has 0 aliphatic carbocycles. The third-order valence-corrected chi connectivity index (χ3v) is 3.44. The molecule has 0 unspecified atom stereocenters. The van der Waals surface area contributed by atoms with Crippen molar-refractivity contribution < 1.29 is 28.6 Å². The van der Waals surface area contributed by atoms with Crippen LogP contribution in [0.5, 0.6) is 0 Å². The van der Waals surface area contributed by atoms with Gasteiger partial charge >= 0.3 is 18.2 Å². The molecule has 1 rings (SSSR count). The summed E-state index contributed by atoms with van der Waals surface area (Å²) < 4.78 is 16.5. The van der Waals surface area contributed by atoms with Gasteiger partial charge in [-0.15, -0.1) is 16.3 Å². The Morgan fingerprint density at radius 2 is 1.65 bits per heavy atom. The summed E-state index contributed by atoms with van der Waals surface area (Å²) in [4.78, 5) is 40.2. The molecule has 0 saturated heterocycles. The molecule has 0 bridgehead atoms. The Morgan fingerprint density at radius 3 is 2.15 bits per heavy atom. The third-order valence-electron chi connectivity index (χ3n) is 2.57. The van der Waals surface area contributed by atoms with Crippen LogP contribution in [0.2, 0.25) is 0 Å². The molecular formula is C17H26N2O6S. The van der Waals surface area contributed by atoms with E-state index in [1.165, 1.54) is 0 Å². The Morgan fingerprint density at radius 1 is 1.08 bits per heavy atom. The van der Waals surface area contributed by atoms with Crippen LogP contribution in [-0.2, 0) is 25.4 Å². The molecule has 0 atom stereocenters. The number of hydrogen-bond donors (Lipinski definition) is 0. The highest BCUT2D eigenvalue weighted by Crippen LogP contribution is 2.13. The summed E-state index contributed by atoms with van der Waals surface area (Å²) in [6.07, 6.45) is -1.72. The average molecular weight is 386 g/mol. The van der Waals surface area contributed by atoms with Gasteiger partial charge < -0.3 is 14.2 Å². The van der Waals surface area contributed by atoms with Crippen LogP contribution in [0.3, 0.4) is 0 Å². The summed E-state index contributed by atoms with van der Waals surface area (Å²) in [5.74, 6) is -0.494. The maximum Gasteiger partial charge on any atom is 0.436 e. The molecule has 0 aromatic carbocycles. The smallest absolute Gasteiger partial charge is 0.436 e. The fourth-order valence-electron chi connectivity index (χ4n) is 1.77. The maximum atomic E-state index is 12.6. The number of amides is 1. The van der Waals surface area contributed by atoms with Crippen molar-refractivity contribution in [2.45, 2.75) is 66.1 Å². The molecule has 26 heavy (non-hydrogen) atoms. The van der Waals surface area contributed by atoms with Gasteiger partial charge in [0, 0.05) is 5.38 Å². The highest BCUT2D eigenvalue weighted by atomic mass is 32.1. The Hall–Kier alpha value is -2.16. The molecule has 1 amide bonds. The summed E-state index contributed by atoms with van der Waals surface area (Å²) in [5.41, 5.74) is -1.15. The normalized spacial score (nSPS) is 12.7. The second-order valence-electron chi connectivity index (χ2n) is 7.40. The highest BCUT2D eigenvalue weighted by molar-refractivity contribution is 7.07. The Balaban J connectivity index is 3.29. The van der Waals surface area contributed by atoms with E-state index in [9.17, 15) is 14.4 Å². The first-order valence-corrected chi connectivity index (χ1v) is 9.06.